The fourth-order valence-electron chi connectivity index (χ4n) is 3.30. The van der Waals surface area contributed by atoms with E-state index in [0.717, 1.165) is 5.69 Å². The third-order valence-corrected chi connectivity index (χ3v) is 4.73. The number of benzene rings is 1. The van der Waals surface area contributed by atoms with Gasteiger partial charge in [0.25, 0.3) is 5.91 Å². The van der Waals surface area contributed by atoms with Gasteiger partial charge in [0.1, 0.15) is 24.2 Å². The average Bonchev–Trinajstić information content (AvgIpc) is 3.31. The highest BCUT2D eigenvalue weighted by atomic mass is 16.5. The molecule has 3 heterocycles. The van der Waals surface area contributed by atoms with Gasteiger partial charge >= 0.3 is 5.97 Å². The molecule has 1 aromatic carbocycles. The van der Waals surface area contributed by atoms with Crippen molar-refractivity contribution < 1.29 is 23.8 Å². The number of furan rings is 1. The van der Waals surface area contributed by atoms with E-state index >= 15 is 0 Å². The zero-order valence-electron chi connectivity index (χ0n) is 15.2. The second-order valence-corrected chi connectivity index (χ2v) is 6.65. The fourth-order valence-corrected chi connectivity index (χ4v) is 3.30. The third-order valence-electron chi connectivity index (χ3n) is 4.73. The lowest BCUT2D eigenvalue weighted by atomic mass is 10.0. The minimum absolute atomic E-state index is 0.126. The SMILES string of the molecule is Cc1cc(COc2ccccc2)oc1C(=O)N1Cc2[nH]cnc2C[C@H]1C(=O)O. The van der Waals surface area contributed by atoms with E-state index in [-0.39, 0.29) is 25.3 Å². The molecule has 0 spiro atoms. The Morgan fingerprint density at radius 3 is 2.89 bits per heavy atom. The van der Waals surface area contributed by atoms with Gasteiger partial charge in [-0.25, -0.2) is 9.78 Å². The Balaban J connectivity index is 1.54. The molecule has 0 saturated carbocycles. The van der Waals surface area contributed by atoms with Gasteiger partial charge < -0.3 is 24.1 Å². The molecule has 3 aromatic rings. The number of fused-ring (bicyclic) bond motifs is 1. The number of para-hydroxylation sites is 1. The predicted octanol–water partition coefficient (Wildman–Crippen LogP) is 2.54. The zero-order valence-corrected chi connectivity index (χ0v) is 15.2. The number of carboxylic acids is 1. The molecule has 1 amide bonds. The quantitative estimate of drug-likeness (QED) is 0.703. The monoisotopic (exact) mass is 381 g/mol. The summed E-state index contributed by atoms with van der Waals surface area (Å²) in [7, 11) is 0. The second kappa shape index (κ2) is 7.22. The first-order chi connectivity index (χ1) is 13.5. The van der Waals surface area contributed by atoms with Crippen LogP contribution in [0, 0.1) is 6.92 Å². The van der Waals surface area contributed by atoms with Crippen molar-refractivity contribution in [2.45, 2.75) is 32.5 Å². The molecule has 0 bridgehead atoms. The van der Waals surface area contributed by atoms with E-state index in [1.54, 1.807) is 13.0 Å². The molecule has 0 saturated heterocycles. The Morgan fingerprint density at radius 2 is 2.14 bits per heavy atom. The van der Waals surface area contributed by atoms with Gasteiger partial charge in [-0.2, -0.15) is 0 Å². The molecule has 28 heavy (non-hydrogen) atoms. The second-order valence-electron chi connectivity index (χ2n) is 6.65. The highest BCUT2D eigenvalue weighted by Gasteiger charge is 2.38. The van der Waals surface area contributed by atoms with Crippen molar-refractivity contribution in [3.63, 3.8) is 0 Å². The summed E-state index contributed by atoms with van der Waals surface area (Å²) in [4.78, 5) is 33.1. The third kappa shape index (κ3) is 3.36. The summed E-state index contributed by atoms with van der Waals surface area (Å²) in [6.45, 7) is 2.07. The molecule has 8 heteroatoms. The van der Waals surface area contributed by atoms with Gasteiger partial charge in [-0.05, 0) is 25.1 Å². The number of carbonyl (C=O) groups excluding carboxylic acids is 1. The number of hydrogen-bond donors (Lipinski definition) is 2. The van der Waals surface area contributed by atoms with E-state index in [2.05, 4.69) is 9.97 Å². The van der Waals surface area contributed by atoms with Crippen molar-refractivity contribution in [3.8, 4) is 5.75 Å². The molecular formula is C20H19N3O5. The minimum Gasteiger partial charge on any atom is -0.486 e. The normalized spacial score (nSPS) is 15.9. The van der Waals surface area contributed by atoms with Gasteiger partial charge in [0.15, 0.2) is 5.76 Å². The van der Waals surface area contributed by atoms with Crippen molar-refractivity contribution in [1.29, 1.82) is 0 Å². The Morgan fingerprint density at radius 1 is 1.36 bits per heavy atom. The maximum absolute atomic E-state index is 13.0. The van der Waals surface area contributed by atoms with Crippen LogP contribution in [-0.4, -0.2) is 37.9 Å². The smallest absolute Gasteiger partial charge is 0.326 e. The van der Waals surface area contributed by atoms with Crippen LogP contribution in [0.5, 0.6) is 5.75 Å². The summed E-state index contributed by atoms with van der Waals surface area (Å²) in [5.74, 6) is -0.218. The molecule has 2 N–H and O–H groups in total. The van der Waals surface area contributed by atoms with Gasteiger partial charge in [-0.3, -0.25) is 4.79 Å². The van der Waals surface area contributed by atoms with Crippen LogP contribution in [-0.2, 0) is 24.4 Å². The molecule has 0 unspecified atom stereocenters. The largest absolute Gasteiger partial charge is 0.486 e. The first-order valence-corrected chi connectivity index (χ1v) is 8.85. The van der Waals surface area contributed by atoms with E-state index in [0.29, 0.717) is 22.8 Å². The summed E-state index contributed by atoms with van der Waals surface area (Å²) >= 11 is 0. The number of aryl methyl sites for hydroxylation is 1. The summed E-state index contributed by atoms with van der Waals surface area (Å²) in [5, 5.41) is 9.57. The van der Waals surface area contributed by atoms with Crippen LogP contribution in [0.1, 0.15) is 33.3 Å². The number of hydrogen-bond acceptors (Lipinski definition) is 5. The first kappa shape index (κ1) is 17.8. The van der Waals surface area contributed by atoms with Crippen molar-refractivity contribution in [2.75, 3.05) is 0 Å². The van der Waals surface area contributed by atoms with Gasteiger partial charge in [-0.15, -0.1) is 0 Å². The molecule has 0 radical (unpaired) electrons. The fraction of sp³-hybridized carbons (Fsp3) is 0.250. The van der Waals surface area contributed by atoms with Crippen LogP contribution in [0.2, 0.25) is 0 Å². The molecule has 1 atom stereocenters. The molecule has 8 nitrogen and oxygen atoms in total. The van der Waals surface area contributed by atoms with E-state index in [9.17, 15) is 14.7 Å². The molecule has 0 fully saturated rings. The van der Waals surface area contributed by atoms with Crippen LogP contribution in [0.15, 0.2) is 47.1 Å². The Bertz CT molecular complexity index is 1010. The molecule has 1 aliphatic rings. The number of nitrogens with one attached hydrogen (secondary N) is 1. The number of aromatic nitrogens is 2. The number of aromatic amines is 1. The lowest BCUT2D eigenvalue weighted by Crippen LogP contribution is -2.48. The van der Waals surface area contributed by atoms with Gasteiger partial charge in [0.2, 0.25) is 0 Å². The molecule has 0 aliphatic carbocycles. The summed E-state index contributed by atoms with van der Waals surface area (Å²) in [6.07, 6.45) is 1.67. The summed E-state index contributed by atoms with van der Waals surface area (Å²) < 4.78 is 11.4. The van der Waals surface area contributed by atoms with E-state index in [4.69, 9.17) is 9.15 Å². The maximum Gasteiger partial charge on any atom is 0.326 e. The van der Waals surface area contributed by atoms with Gasteiger partial charge in [0.05, 0.1) is 24.3 Å². The lowest BCUT2D eigenvalue weighted by Gasteiger charge is -2.31. The highest BCUT2D eigenvalue weighted by molar-refractivity contribution is 5.95. The molecule has 2 aromatic heterocycles. The van der Waals surface area contributed by atoms with Crippen LogP contribution in [0.25, 0.3) is 0 Å². The standard InChI is InChI=1S/C20H19N3O5/c1-12-7-14(10-27-13-5-3-2-4-6-13)28-18(12)19(24)23-9-16-15(21-11-22-16)8-17(23)20(25)26/h2-7,11,17H,8-10H2,1H3,(H,21,22)(H,25,26)/t17-/m0/s1. The van der Waals surface area contributed by atoms with Gasteiger partial charge in [0, 0.05) is 12.0 Å². The Labute approximate surface area is 160 Å². The lowest BCUT2D eigenvalue weighted by molar-refractivity contribution is -0.142. The topological polar surface area (TPSA) is 109 Å². The summed E-state index contributed by atoms with van der Waals surface area (Å²) in [5.41, 5.74) is 2.04. The average molecular weight is 381 g/mol. The predicted molar refractivity (Wildman–Crippen MR) is 97.8 cm³/mol. The number of imidazole rings is 1. The number of carboxylic acid groups (broad SMARTS) is 1. The molecule has 144 valence electrons. The van der Waals surface area contributed by atoms with E-state index < -0.39 is 17.9 Å². The van der Waals surface area contributed by atoms with E-state index in [1.807, 2.05) is 30.3 Å². The molecular weight excluding hydrogens is 362 g/mol. The van der Waals surface area contributed by atoms with Crippen molar-refractivity contribution in [2.24, 2.45) is 0 Å². The number of rotatable bonds is 5. The maximum atomic E-state index is 13.0. The Hall–Kier alpha value is -3.55. The molecule has 4 rings (SSSR count). The number of aliphatic carboxylic acids is 1. The van der Waals surface area contributed by atoms with Crippen molar-refractivity contribution in [1.82, 2.24) is 14.9 Å². The van der Waals surface area contributed by atoms with Crippen LogP contribution >= 0.6 is 0 Å². The van der Waals surface area contributed by atoms with Crippen LogP contribution < -0.4 is 4.74 Å². The van der Waals surface area contributed by atoms with E-state index in [1.165, 1.54) is 11.2 Å². The zero-order chi connectivity index (χ0) is 19.7. The summed E-state index contributed by atoms with van der Waals surface area (Å²) in [6, 6.07) is 10.0. The number of amides is 1. The molecule has 1 aliphatic heterocycles. The Kier molecular flexibility index (Phi) is 4.60. The number of H-pyrrole nitrogens is 1. The minimum atomic E-state index is -1.07. The number of carbonyl (C=O) groups is 2. The first-order valence-electron chi connectivity index (χ1n) is 8.85. The van der Waals surface area contributed by atoms with Crippen molar-refractivity contribution >= 4 is 11.9 Å². The van der Waals surface area contributed by atoms with Gasteiger partial charge in [-0.1, -0.05) is 18.2 Å². The van der Waals surface area contributed by atoms with Crippen LogP contribution in [0.3, 0.4) is 0 Å². The number of ether oxygens (including phenoxy) is 1. The van der Waals surface area contributed by atoms with Crippen molar-refractivity contribution in [3.05, 3.63) is 71.2 Å². The highest BCUT2D eigenvalue weighted by Crippen LogP contribution is 2.25. The van der Waals surface area contributed by atoms with Crippen LogP contribution in [0.4, 0.5) is 0 Å². The number of nitrogens with zero attached hydrogens (tertiary/aromatic N) is 2.